The standard InChI is InChI=1S/C13H15NO2/c1-9-2-6-11(7-3-9)12(15)13(16)14-8-10-4-5-10/h2-3,6-7,10H,4-5,8H2,1H3,(H,14,16). The number of Topliss-reactive ketones (excluding diaryl/α,β-unsaturated/α-hetero) is 1. The predicted molar refractivity (Wildman–Crippen MR) is 61.2 cm³/mol. The Morgan fingerprint density at radius 1 is 1.25 bits per heavy atom. The topological polar surface area (TPSA) is 46.2 Å². The summed E-state index contributed by atoms with van der Waals surface area (Å²) < 4.78 is 0. The molecule has 84 valence electrons. The molecular formula is C13H15NO2. The van der Waals surface area contributed by atoms with Gasteiger partial charge in [0.05, 0.1) is 0 Å². The Morgan fingerprint density at radius 2 is 1.88 bits per heavy atom. The van der Waals surface area contributed by atoms with Gasteiger partial charge in [-0.05, 0) is 25.7 Å². The molecule has 2 rings (SSSR count). The first-order valence-corrected chi connectivity index (χ1v) is 5.56. The molecule has 1 aliphatic rings. The van der Waals surface area contributed by atoms with Gasteiger partial charge in [0.1, 0.15) is 0 Å². The fourth-order valence-corrected chi connectivity index (χ4v) is 1.48. The first-order valence-electron chi connectivity index (χ1n) is 5.56. The number of carbonyl (C=O) groups is 2. The average molecular weight is 217 g/mol. The number of nitrogens with one attached hydrogen (secondary N) is 1. The summed E-state index contributed by atoms with van der Waals surface area (Å²) in [5.74, 6) is -0.342. The number of rotatable bonds is 4. The minimum Gasteiger partial charge on any atom is -0.349 e. The van der Waals surface area contributed by atoms with Crippen molar-refractivity contribution in [2.45, 2.75) is 19.8 Å². The van der Waals surface area contributed by atoms with E-state index in [4.69, 9.17) is 0 Å². The van der Waals surface area contributed by atoms with Crippen molar-refractivity contribution < 1.29 is 9.59 Å². The molecule has 1 aromatic carbocycles. The Bertz CT molecular complexity index is 404. The van der Waals surface area contributed by atoms with Crippen LogP contribution in [0.25, 0.3) is 0 Å². The molecular weight excluding hydrogens is 202 g/mol. The fraction of sp³-hybridized carbons (Fsp3) is 0.385. The molecule has 0 aliphatic heterocycles. The monoisotopic (exact) mass is 217 g/mol. The van der Waals surface area contributed by atoms with Crippen LogP contribution < -0.4 is 5.32 Å². The second-order valence-electron chi connectivity index (χ2n) is 4.35. The predicted octanol–water partition coefficient (Wildman–Crippen LogP) is 1.70. The van der Waals surface area contributed by atoms with Crippen molar-refractivity contribution in [2.75, 3.05) is 6.54 Å². The average Bonchev–Trinajstić information content (AvgIpc) is 3.10. The number of hydrogen-bond donors (Lipinski definition) is 1. The van der Waals surface area contributed by atoms with Gasteiger partial charge >= 0.3 is 0 Å². The molecule has 0 unspecified atom stereocenters. The van der Waals surface area contributed by atoms with Crippen LogP contribution >= 0.6 is 0 Å². The number of ketones is 1. The SMILES string of the molecule is Cc1ccc(C(=O)C(=O)NCC2CC2)cc1. The van der Waals surface area contributed by atoms with E-state index >= 15 is 0 Å². The van der Waals surface area contributed by atoms with Crippen LogP contribution in [0.3, 0.4) is 0 Å². The van der Waals surface area contributed by atoms with Crippen LogP contribution in [0.15, 0.2) is 24.3 Å². The minimum atomic E-state index is -0.490. The highest BCUT2D eigenvalue weighted by Gasteiger charge is 2.23. The molecule has 0 atom stereocenters. The van der Waals surface area contributed by atoms with Crippen molar-refractivity contribution in [1.29, 1.82) is 0 Å². The van der Waals surface area contributed by atoms with Gasteiger partial charge in [-0.2, -0.15) is 0 Å². The quantitative estimate of drug-likeness (QED) is 0.616. The lowest BCUT2D eigenvalue weighted by molar-refractivity contribution is -0.117. The van der Waals surface area contributed by atoms with Crippen molar-refractivity contribution in [3.63, 3.8) is 0 Å². The largest absolute Gasteiger partial charge is 0.349 e. The molecule has 0 spiro atoms. The zero-order chi connectivity index (χ0) is 11.5. The molecule has 3 heteroatoms. The highest BCUT2D eigenvalue weighted by Crippen LogP contribution is 2.27. The van der Waals surface area contributed by atoms with Gasteiger partial charge in [0.2, 0.25) is 5.78 Å². The number of amides is 1. The van der Waals surface area contributed by atoms with Crippen LogP contribution in [-0.2, 0) is 4.79 Å². The van der Waals surface area contributed by atoms with Crippen molar-refractivity contribution in [3.8, 4) is 0 Å². The van der Waals surface area contributed by atoms with Crippen LogP contribution in [0.5, 0.6) is 0 Å². The van der Waals surface area contributed by atoms with E-state index in [0.29, 0.717) is 18.0 Å². The lowest BCUT2D eigenvalue weighted by Crippen LogP contribution is -2.32. The lowest BCUT2D eigenvalue weighted by Gasteiger charge is -2.03. The Labute approximate surface area is 94.9 Å². The smallest absolute Gasteiger partial charge is 0.292 e. The van der Waals surface area contributed by atoms with Crippen LogP contribution in [0.2, 0.25) is 0 Å². The van der Waals surface area contributed by atoms with Gasteiger partial charge < -0.3 is 5.32 Å². The van der Waals surface area contributed by atoms with Crippen LogP contribution in [-0.4, -0.2) is 18.2 Å². The third kappa shape index (κ3) is 2.69. The summed E-state index contributed by atoms with van der Waals surface area (Å²) in [5.41, 5.74) is 1.54. The van der Waals surface area contributed by atoms with E-state index in [1.165, 1.54) is 12.8 Å². The summed E-state index contributed by atoms with van der Waals surface area (Å²) in [6, 6.07) is 7.05. The molecule has 0 heterocycles. The minimum absolute atomic E-state index is 0.444. The van der Waals surface area contributed by atoms with E-state index in [2.05, 4.69) is 5.32 Å². The van der Waals surface area contributed by atoms with Crippen molar-refractivity contribution >= 4 is 11.7 Å². The maximum absolute atomic E-state index is 11.7. The zero-order valence-corrected chi connectivity index (χ0v) is 9.32. The van der Waals surface area contributed by atoms with Crippen molar-refractivity contribution in [2.24, 2.45) is 5.92 Å². The molecule has 16 heavy (non-hydrogen) atoms. The van der Waals surface area contributed by atoms with Crippen LogP contribution in [0, 0.1) is 12.8 Å². The molecule has 3 nitrogen and oxygen atoms in total. The van der Waals surface area contributed by atoms with E-state index in [-0.39, 0.29) is 0 Å². The maximum atomic E-state index is 11.7. The zero-order valence-electron chi connectivity index (χ0n) is 9.32. The number of carbonyl (C=O) groups excluding carboxylic acids is 2. The summed E-state index contributed by atoms with van der Waals surface area (Å²) in [7, 11) is 0. The van der Waals surface area contributed by atoms with E-state index < -0.39 is 11.7 Å². The lowest BCUT2D eigenvalue weighted by atomic mass is 10.1. The van der Waals surface area contributed by atoms with E-state index in [1.807, 2.05) is 19.1 Å². The number of hydrogen-bond acceptors (Lipinski definition) is 2. The van der Waals surface area contributed by atoms with Gasteiger partial charge in [-0.3, -0.25) is 9.59 Å². The van der Waals surface area contributed by atoms with Gasteiger partial charge in [-0.25, -0.2) is 0 Å². The van der Waals surface area contributed by atoms with E-state index in [1.54, 1.807) is 12.1 Å². The maximum Gasteiger partial charge on any atom is 0.292 e. The summed E-state index contributed by atoms with van der Waals surface area (Å²) in [6.07, 6.45) is 2.33. The Kier molecular flexibility index (Phi) is 3.04. The van der Waals surface area contributed by atoms with Crippen LogP contribution in [0.4, 0.5) is 0 Å². The molecule has 0 aromatic heterocycles. The summed E-state index contributed by atoms with van der Waals surface area (Å²) >= 11 is 0. The second-order valence-corrected chi connectivity index (χ2v) is 4.35. The fourth-order valence-electron chi connectivity index (χ4n) is 1.48. The highest BCUT2D eigenvalue weighted by molar-refractivity contribution is 6.42. The summed E-state index contributed by atoms with van der Waals surface area (Å²) in [4.78, 5) is 23.2. The summed E-state index contributed by atoms with van der Waals surface area (Å²) in [5, 5.41) is 2.67. The van der Waals surface area contributed by atoms with Gasteiger partial charge in [0.25, 0.3) is 5.91 Å². The first kappa shape index (κ1) is 10.9. The second kappa shape index (κ2) is 4.47. The van der Waals surface area contributed by atoms with Gasteiger partial charge in [-0.15, -0.1) is 0 Å². The third-order valence-electron chi connectivity index (χ3n) is 2.77. The first-order chi connectivity index (χ1) is 7.66. The number of aryl methyl sites for hydroxylation is 1. The molecule has 0 radical (unpaired) electrons. The van der Waals surface area contributed by atoms with Gasteiger partial charge in [0.15, 0.2) is 0 Å². The molecule has 0 bridgehead atoms. The van der Waals surface area contributed by atoms with Crippen molar-refractivity contribution in [3.05, 3.63) is 35.4 Å². The molecule has 1 amide bonds. The number of benzene rings is 1. The Hall–Kier alpha value is -1.64. The molecule has 0 saturated heterocycles. The van der Waals surface area contributed by atoms with E-state index in [9.17, 15) is 9.59 Å². The Balaban J connectivity index is 1.94. The highest BCUT2D eigenvalue weighted by atomic mass is 16.2. The van der Waals surface area contributed by atoms with Crippen LogP contribution in [0.1, 0.15) is 28.8 Å². The van der Waals surface area contributed by atoms with Gasteiger partial charge in [-0.1, -0.05) is 29.8 Å². The molecule has 1 aliphatic carbocycles. The van der Waals surface area contributed by atoms with E-state index in [0.717, 1.165) is 5.56 Å². The molecule has 1 N–H and O–H groups in total. The summed E-state index contributed by atoms with van der Waals surface area (Å²) in [6.45, 7) is 2.58. The molecule has 1 aromatic rings. The molecule has 1 saturated carbocycles. The molecule has 1 fully saturated rings. The third-order valence-corrected chi connectivity index (χ3v) is 2.77. The normalized spacial score (nSPS) is 14.6. The van der Waals surface area contributed by atoms with Gasteiger partial charge in [0, 0.05) is 12.1 Å². The van der Waals surface area contributed by atoms with Crippen molar-refractivity contribution in [1.82, 2.24) is 5.32 Å². The Morgan fingerprint density at radius 3 is 2.44 bits per heavy atom.